The Bertz CT molecular complexity index is 1050. The van der Waals surface area contributed by atoms with E-state index < -0.39 is 38.7 Å². The van der Waals surface area contributed by atoms with Crippen molar-refractivity contribution in [1.82, 2.24) is 4.72 Å². The first-order valence-corrected chi connectivity index (χ1v) is 11.1. The monoisotopic (exact) mass is 456 g/mol. The second-order valence-electron chi connectivity index (χ2n) is 7.73. The van der Waals surface area contributed by atoms with Gasteiger partial charge in [0.25, 0.3) is 6.02 Å². The van der Waals surface area contributed by atoms with Gasteiger partial charge in [-0.05, 0) is 37.5 Å². The first-order valence-electron chi connectivity index (χ1n) is 9.55. The maximum Gasteiger partial charge on any atom is 0.416 e. The summed E-state index contributed by atoms with van der Waals surface area (Å²) in [5.41, 5.74) is -1.64. The average Bonchev–Trinajstić information content (AvgIpc) is 2.66. The predicted octanol–water partition coefficient (Wildman–Crippen LogP) is 3.95. The van der Waals surface area contributed by atoms with Crippen LogP contribution in [0.25, 0.3) is 0 Å². The van der Waals surface area contributed by atoms with Crippen LogP contribution in [0.5, 0.6) is 0 Å². The molecule has 1 unspecified atom stereocenters. The van der Waals surface area contributed by atoms with E-state index in [0.717, 1.165) is 17.7 Å². The summed E-state index contributed by atoms with van der Waals surface area (Å²) in [6, 6.07) is 12.3. The van der Waals surface area contributed by atoms with Crippen molar-refractivity contribution in [2.45, 2.75) is 43.3 Å². The summed E-state index contributed by atoms with van der Waals surface area (Å²) in [7, 11) is -4.17. The molecule has 0 spiro atoms. The number of halogens is 3. The van der Waals surface area contributed by atoms with Crippen LogP contribution in [-0.4, -0.2) is 31.8 Å². The Kier molecular flexibility index (Phi) is 6.33. The molecule has 1 heterocycles. The molecule has 2 N–H and O–H groups in total. The molecule has 1 saturated heterocycles. The Morgan fingerprint density at radius 3 is 2.42 bits per heavy atom. The van der Waals surface area contributed by atoms with Gasteiger partial charge in [0.15, 0.2) is 0 Å². The van der Waals surface area contributed by atoms with E-state index in [4.69, 9.17) is 4.74 Å². The van der Waals surface area contributed by atoms with E-state index in [-0.39, 0.29) is 24.6 Å². The van der Waals surface area contributed by atoms with Gasteiger partial charge in [-0.2, -0.15) is 13.2 Å². The number of alkyl halides is 3. The smallest absolute Gasteiger partial charge is 0.416 e. The van der Waals surface area contributed by atoms with Crippen LogP contribution in [0, 0.1) is 0 Å². The molecule has 1 aliphatic heterocycles. The molecule has 0 bridgehead atoms. The molecular formula is C21H23F3N2O4S. The van der Waals surface area contributed by atoms with Gasteiger partial charge in [-0.25, -0.2) is 18.1 Å². The summed E-state index contributed by atoms with van der Waals surface area (Å²) >= 11 is 0. The van der Waals surface area contributed by atoms with E-state index in [2.05, 4.69) is 9.71 Å². The molecule has 1 aliphatic rings. The van der Waals surface area contributed by atoms with E-state index >= 15 is 0 Å². The standard InChI is InChI=1S/C21H23F3N2O4S/c1-20(2)18(15-9-6-10-16(13-15)21(22,23)24)31(28,29)26-19(30-20)25-17(11-12-27)14-7-4-3-5-8-14/h3-10,13,17-18,27H,11-12H2,1-2H3,(H,25,26)/t17-,18?/m0/s1. The fourth-order valence-corrected chi connectivity index (χ4v) is 5.39. The van der Waals surface area contributed by atoms with Crippen molar-refractivity contribution in [1.29, 1.82) is 0 Å². The Morgan fingerprint density at radius 2 is 1.84 bits per heavy atom. The van der Waals surface area contributed by atoms with E-state index in [0.29, 0.717) is 0 Å². The minimum Gasteiger partial charge on any atom is -0.457 e. The number of aliphatic hydroxyl groups excluding tert-OH is 1. The van der Waals surface area contributed by atoms with Crippen molar-refractivity contribution in [2.24, 2.45) is 4.99 Å². The number of sulfonamides is 1. The number of ether oxygens (including phenoxy) is 1. The summed E-state index contributed by atoms with van der Waals surface area (Å²) in [5.74, 6) is 0. The molecule has 6 nitrogen and oxygen atoms in total. The topological polar surface area (TPSA) is 88.0 Å². The quantitative estimate of drug-likeness (QED) is 0.713. The van der Waals surface area contributed by atoms with Crippen LogP contribution in [0.2, 0.25) is 0 Å². The third-order valence-corrected chi connectivity index (χ3v) is 6.83. The van der Waals surface area contributed by atoms with Gasteiger partial charge in [0.1, 0.15) is 10.9 Å². The van der Waals surface area contributed by atoms with E-state index in [1.54, 1.807) is 24.3 Å². The highest BCUT2D eigenvalue weighted by Crippen LogP contribution is 2.41. The van der Waals surface area contributed by atoms with Gasteiger partial charge >= 0.3 is 6.18 Å². The molecule has 1 fully saturated rings. The minimum atomic E-state index is -4.60. The third kappa shape index (κ3) is 5.19. The molecule has 168 valence electrons. The van der Waals surface area contributed by atoms with Gasteiger partial charge in [0, 0.05) is 6.61 Å². The number of hydrogen-bond donors (Lipinski definition) is 2. The molecule has 3 rings (SSSR count). The molecule has 0 amide bonds. The van der Waals surface area contributed by atoms with Crippen LogP contribution in [-0.2, 0) is 20.9 Å². The zero-order valence-corrected chi connectivity index (χ0v) is 17.7. The Balaban J connectivity index is 1.98. The number of hydrogen-bond acceptors (Lipinski definition) is 5. The average molecular weight is 456 g/mol. The van der Waals surface area contributed by atoms with Crippen molar-refractivity contribution in [3.05, 3.63) is 71.3 Å². The molecule has 0 saturated carbocycles. The third-order valence-electron chi connectivity index (χ3n) is 4.91. The minimum absolute atomic E-state index is 0.0404. The van der Waals surface area contributed by atoms with Gasteiger partial charge in [-0.15, -0.1) is 0 Å². The summed E-state index contributed by atoms with van der Waals surface area (Å²) < 4.78 is 73.5. The number of rotatable bonds is 5. The second kappa shape index (κ2) is 8.51. The van der Waals surface area contributed by atoms with Crippen molar-refractivity contribution in [3.8, 4) is 0 Å². The zero-order chi connectivity index (χ0) is 22.9. The summed E-state index contributed by atoms with van der Waals surface area (Å²) in [5, 5.41) is 7.98. The molecule has 0 aromatic heterocycles. The molecular weight excluding hydrogens is 433 g/mol. The SMILES string of the molecule is CC1(C)OC(=N[C@@H](CCO)c2ccccc2)NS(=O)(=O)C1c1cccc(C(F)(F)F)c1. The van der Waals surface area contributed by atoms with Gasteiger partial charge in [0.05, 0.1) is 11.6 Å². The molecule has 10 heteroatoms. The van der Waals surface area contributed by atoms with Crippen LogP contribution in [0.4, 0.5) is 13.2 Å². The highest BCUT2D eigenvalue weighted by atomic mass is 32.2. The number of aliphatic hydroxyl groups is 1. The maximum absolute atomic E-state index is 13.1. The van der Waals surface area contributed by atoms with Crippen LogP contribution in [0.3, 0.4) is 0 Å². The summed E-state index contributed by atoms with van der Waals surface area (Å²) in [6.45, 7) is 2.78. The number of amidine groups is 1. The normalized spacial score (nSPS) is 22.4. The molecule has 0 radical (unpaired) electrons. The van der Waals surface area contributed by atoms with E-state index in [9.17, 15) is 26.7 Å². The van der Waals surface area contributed by atoms with Crippen molar-refractivity contribution in [2.75, 3.05) is 6.61 Å². The molecule has 2 atom stereocenters. The largest absolute Gasteiger partial charge is 0.457 e. The van der Waals surface area contributed by atoms with Crippen LogP contribution >= 0.6 is 0 Å². The number of nitrogens with one attached hydrogen (secondary N) is 1. The van der Waals surface area contributed by atoms with Gasteiger partial charge in [0.2, 0.25) is 10.0 Å². The number of aliphatic imine (C=N–C) groups is 1. The van der Waals surface area contributed by atoms with Crippen LogP contribution in [0.15, 0.2) is 59.6 Å². The van der Waals surface area contributed by atoms with Crippen molar-refractivity contribution >= 4 is 16.0 Å². The first-order chi connectivity index (χ1) is 14.4. The lowest BCUT2D eigenvalue weighted by atomic mass is 9.96. The Labute approximate surface area is 178 Å². The zero-order valence-electron chi connectivity index (χ0n) is 16.9. The summed E-state index contributed by atoms with van der Waals surface area (Å²) in [6.07, 6.45) is -4.37. The molecule has 31 heavy (non-hydrogen) atoms. The van der Waals surface area contributed by atoms with Crippen molar-refractivity contribution < 1.29 is 31.4 Å². The second-order valence-corrected chi connectivity index (χ2v) is 9.49. The number of benzene rings is 2. The Hall–Kier alpha value is -2.59. The van der Waals surface area contributed by atoms with Gasteiger partial charge in [-0.3, -0.25) is 0 Å². The lowest BCUT2D eigenvalue weighted by molar-refractivity contribution is -0.137. The van der Waals surface area contributed by atoms with E-state index in [1.165, 1.54) is 26.0 Å². The fourth-order valence-electron chi connectivity index (χ4n) is 3.63. The van der Waals surface area contributed by atoms with Gasteiger partial charge in [-0.1, -0.05) is 48.5 Å². The van der Waals surface area contributed by atoms with Crippen molar-refractivity contribution in [3.63, 3.8) is 0 Å². The maximum atomic E-state index is 13.1. The van der Waals surface area contributed by atoms with E-state index in [1.807, 2.05) is 6.07 Å². The highest BCUT2D eigenvalue weighted by molar-refractivity contribution is 7.90. The first kappa shape index (κ1) is 23.1. The molecule has 2 aromatic carbocycles. The van der Waals surface area contributed by atoms with Crippen LogP contribution < -0.4 is 4.72 Å². The lowest BCUT2D eigenvalue weighted by Crippen LogP contribution is -2.53. The highest BCUT2D eigenvalue weighted by Gasteiger charge is 2.49. The lowest BCUT2D eigenvalue weighted by Gasteiger charge is -2.39. The number of nitrogens with zero attached hydrogens (tertiary/aromatic N) is 1. The molecule has 0 aliphatic carbocycles. The molecule has 2 aromatic rings. The van der Waals surface area contributed by atoms with Gasteiger partial charge < -0.3 is 9.84 Å². The Morgan fingerprint density at radius 1 is 1.16 bits per heavy atom. The predicted molar refractivity (Wildman–Crippen MR) is 110 cm³/mol. The fraction of sp³-hybridized carbons (Fsp3) is 0.381. The van der Waals surface area contributed by atoms with Crippen LogP contribution in [0.1, 0.15) is 48.3 Å². The summed E-state index contributed by atoms with van der Waals surface area (Å²) in [4.78, 5) is 4.34.